The first-order valence-corrected chi connectivity index (χ1v) is 7.39. The van der Waals surface area contributed by atoms with Crippen molar-refractivity contribution >= 4 is 17.9 Å². The molecule has 7 nitrogen and oxygen atoms in total. The second kappa shape index (κ2) is 5.91. The summed E-state index contributed by atoms with van der Waals surface area (Å²) < 4.78 is 0. The molecule has 1 saturated carbocycles. The van der Waals surface area contributed by atoms with E-state index in [-0.39, 0.29) is 18.0 Å². The molecule has 2 fully saturated rings. The lowest BCUT2D eigenvalue weighted by Crippen LogP contribution is -2.56. The summed E-state index contributed by atoms with van der Waals surface area (Å²) in [6.07, 6.45) is 2.10. The molecule has 0 aromatic carbocycles. The Labute approximate surface area is 124 Å². The molecule has 0 aromatic heterocycles. The number of hydrogen-bond donors (Lipinski definition) is 2. The number of nitrogens with one attached hydrogen (secondary N) is 1. The molecule has 1 aliphatic heterocycles. The Morgan fingerprint density at radius 2 is 1.71 bits per heavy atom. The highest BCUT2D eigenvalue weighted by Crippen LogP contribution is 2.38. The van der Waals surface area contributed by atoms with Crippen molar-refractivity contribution in [1.29, 1.82) is 0 Å². The fourth-order valence-electron chi connectivity index (χ4n) is 3.12. The molecule has 2 N–H and O–H groups in total. The molecule has 0 bridgehead atoms. The summed E-state index contributed by atoms with van der Waals surface area (Å²) in [6, 6.07) is -0.550. The van der Waals surface area contributed by atoms with Crippen molar-refractivity contribution in [3.8, 4) is 0 Å². The third-order valence-corrected chi connectivity index (χ3v) is 4.76. The van der Waals surface area contributed by atoms with E-state index in [0.717, 1.165) is 6.42 Å². The molecule has 1 saturated heterocycles. The number of nitrogens with zero attached hydrogens (tertiary/aromatic N) is 2. The van der Waals surface area contributed by atoms with Crippen LogP contribution in [0.1, 0.15) is 33.1 Å². The molecule has 1 aliphatic carbocycles. The van der Waals surface area contributed by atoms with Crippen molar-refractivity contribution in [1.82, 2.24) is 15.1 Å². The first-order chi connectivity index (χ1) is 9.84. The Kier molecular flexibility index (Phi) is 4.39. The molecule has 7 heteroatoms. The molecular formula is C14H23N3O4. The number of carbonyl (C=O) groups excluding carboxylic acids is 2. The average Bonchev–Trinajstić information content (AvgIpc) is 2.81. The highest BCUT2D eigenvalue weighted by Gasteiger charge is 2.46. The van der Waals surface area contributed by atoms with Crippen molar-refractivity contribution < 1.29 is 19.5 Å². The lowest BCUT2D eigenvalue weighted by atomic mass is 9.85. The summed E-state index contributed by atoms with van der Waals surface area (Å²) in [5.41, 5.74) is -0.878. The third kappa shape index (κ3) is 3.11. The number of amides is 3. The van der Waals surface area contributed by atoms with Crippen LogP contribution in [-0.2, 0) is 9.59 Å². The summed E-state index contributed by atoms with van der Waals surface area (Å²) in [5.74, 6) is -0.837. The molecule has 21 heavy (non-hydrogen) atoms. The van der Waals surface area contributed by atoms with Crippen molar-refractivity contribution in [3.63, 3.8) is 0 Å². The van der Waals surface area contributed by atoms with E-state index < -0.39 is 11.4 Å². The largest absolute Gasteiger partial charge is 0.481 e. The fourth-order valence-corrected chi connectivity index (χ4v) is 3.12. The molecule has 0 aromatic rings. The van der Waals surface area contributed by atoms with Gasteiger partial charge in [-0.15, -0.1) is 0 Å². The minimum atomic E-state index is -0.878. The zero-order chi connectivity index (χ0) is 15.6. The van der Waals surface area contributed by atoms with Gasteiger partial charge in [0.05, 0.1) is 5.41 Å². The minimum absolute atomic E-state index is 0.0179. The highest BCUT2D eigenvalue weighted by atomic mass is 16.4. The van der Waals surface area contributed by atoms with Crippen LogP contribution in [0.3, 0.4) is 0 Å². The third-order valence-electron chi connectivity index (χ3n) is 4.76. The van der Waals surface area contributed by atoms with E-state index in [1.165, 1.54) is 6.92 Å². The van der Waals surface area contributed by atoms with E-state index in [1.54, 1.807) is 16.7 Å². The normalized spacial score (nSPS) is 29.3. The van der Waals surface area contributed by atoms with Gasteiger partial charge in [0.2, 0.25) is 5.91 Å². The van der Waals surface area contributed by atoms with Gasteiger partial charge >= 0.3 is 12.0 Å². The molecule has 0 spiro atoms. The first-order valence-electron chi connectivity index (χ1n) is 7.39. The number of carboxylic acids is 1. The lowest BCUT2D eigenvalue weighted by molar-refractivity contribution is -0.148. The second-order valence-electron chi connectivity index (χ2n) is 6.11. The SMILES string of the molecule is CC(=O)N1CCN(C(=O)NC2CCCC2(C)C(=O)O)CC1. The predicted molar refractivity (Wildman–Crippen MR) is 75.7 cm³/mol. The van der Waals surface area contributed by atoms with Gasteiger partial charge in [0.15, 0.2) is 0 Å². The quantitative estimate of drug-likeness (QED) is 0.777. The summed E-state index contributed by atoms with van der Waals surface area (Å²) >= 11 is 0. The van der Waals surface area contributed by atoms with Crippen LogP contribution in [0.4, 0.5) is 4.79 Å². The van der Waals surface area contributed by atoms with E-state index in [1.807, 2.05) is 0 Å². The second-order valence-corrected chi connectivity index (χ2v) is 6.11. The van der Waals surface area contributed by atoms with Gasteiger partial charge in [-0.1, -0.05) is 6.42 Å². The molecule has 3 amide bonds. The highest BCUT2D eigenvalue weighted by molar-refractivity contribution is 5.79. The summed E-state index contributed by atoms with van der Waals surface area (Å²) in [6.45, 7) is 5.25. The minimum Gasteiger partial charge on any atom is -0.481 e. The summed E-state index contributed by atoms with van der Waals surface area (Å²) in [7, 11) is 0. The maximum absolute atomic E-state index is 12.3. The Morgan fingerprint density at radius 1 is 1.14 bits per heavy atom. The standard InChI is InChI=1S/C14H23N3O4/c1-10(18)16-6-8-17(9-7-16)13(21)15-11-4-3-5-14(11,2)12(19)20/h11H,3-9H2,1-2H3,(H,15,21)(H,19,20). The Hall–Kier alpha value is -1.79. The number of carboxylic acid groups (broad SMARTS) is 1. The molecule has 2 aliphatic rings. The molecule has 2 unspecified atom stereocenters. The Morgan fingerprint density at radius 3 is 2.24 bits per heavy atom. The van der Waals surface area contributed by atoms with Crippen LogP contribution in [0.25, 0.3) is 0 Å². The van der Waals surface area contributed by atoms with Crippen LogP contribution in [-0.4, -0.2) is 65.0 Å². The van der Waals surface area contributed by atoms with E-state index in [2.05, 4.69) is 5.32 Å². The fraction of sp³-hybridized carbons (Fsp3) is 0.786. The van der Waals surface area contributed by atoms with Gasteiger partial charge < -0.3 is 20.2 Å². The molecule has 0 radical (unpaired) electrons. The van der Waals surface area contributed by atoms with Crippen LogP contribution >= 0.6 is 0 Å². The molecular weight excluding hydrogens is 274 g/mol. The van der Waals surface area contributed by atoms with Gasteiger partial charge in [-0.25, -0.2) is 4.79 Å². The van der Waals surface area contributed by atoms with E-state index >= 15 is 0 Å². The molecule has 118 valence electrons. The van der Waals surface area contributed by atoms with Crippen LogP contribution in [0.2, 0.25) is 0 Å². The van der Waals surface area contributed by atoms with Crippen molar-refractivity contribution in [2.45, 2.75) is 39.2 Å². The van der Waals surface area contributed by atoms with Crippen LogP contribution in [0, 0.1) is 5.41 Å². The van der Waals surface area contributed by atoms with Gasteiger partial charge in [0.25, 0.3) is 0 Å². The van der Waals surface area contributed by atoms with Crippen LogP contribution in [0.5, 0.6) is 0 Å². The zero-order valence-corrected chi connectivity index (χ0v) is 12.6. The number of urea groups is 1. The maximum Gasteiger partial charge on any atom is 0.317 e. The Bertz CT molecular complexity index is 446. The van der Waals surface area contributed by atoms with Gasteiger partial charge in [-0.2, -0.15) is 0 Å². The zero-order valence-electron chi connectivity index (χ0n) is 12.6. The summed E-state index contributed by atoms with van der Waals surface area (Å²) in [5, 5.41) is 12.2. The molecule has 2 atom stereocenters. The van der Waals surface area contributed by atoms with Crippen molar-refractivity contribution in [3.05, 3.63) is 0 Å². The van der Waals surface area contributed by atoms with E-state index in [9.17, 15) is 19.5 Å². The van der Waals surface area contributed by atoms with Gasteiger partial charge in [0.1, 0.15) is 0 Å². The average molecular weight is 297 g/mol. The topological polar surface area (TPSA) is 90.0 Å². The lowest BCUT2D eigenvalue weighted by Gasteiger charge is -2.36. The first kappa shape index (κ1) is 15.6. The number of rotatable bonds is 2. The van der Waals surface area contributed by atoms with Gasteiger partial charge in [-0.05, 0) is 19.8 Å². The number of carbonyl (C=O) groups is 3. The molecule has 2 rings (SSSR count). The predicted octanol–water partition coefficient (Wildman–Crippen LogP) is 0.504. The number of aliphatic carboxylic acids is 1. The van der Waals surface area contributed by atoms with Gasteiger partial charge in [-0.3, -0.25) is 9.59 Å². The smallest absolute Gasteiger partial charge is 0.317 e. The number of hydrogen-bond acceptors (Lipinski definition) is 3. The maximum atomic E-state index is 12.3. The van der Waals surface area contributed by atoms with Crippen molar-refractivity contribution in [2.75, 3.05) is 26.2 Å². The monoisotopic (exact) mass is 297 g/mol. The molecule has 1 heterocycles. The van der Waals surface area contributed by atoms with E-state index in [4.69, 9.17) is 0 Å². The van der Waals surface area contributed by atoms with Crippen molar-refractivity contribution in [2.24, 2.45) is 5.41 Å². The summed E-state index contributed by atoms with van der Waals surface area (Å²) in [4.78, 5) is 38.3. The Balaban J connectivity index is 1.91. The van der Waals surface area contributed by atoms with Crippen LogP contribution in [0.15, 0.2) is 0 Å². The number of piperazine rings is 1. The van der Waals surface area contributed by atoms with E-state index in [0.29, 0.717) is 39.0 Å². The van der Waals surface area contributed by atoms with Crippen LogP contribution < -0.4 is 5.32 Å². The van der Waals surface area contributed by atoms with Gasteiger partial charge in [0, 0.05) is 39.1 Å².